The molecule has 1 saturated carbocycles. The van der Waals surface area contributed by atoms with Crippen LogP contribution in [-0.2, 0) is 11.3 Å². The Morgan fingerprint density at radius 3 is 2.61 bits per heavy atom. The molecule has 178 valence electrons. The number of likely N-dealkylation sites (tertiary alicyclic amines) is 1. The fourth-order valence-corrected chi connectivity index (χ4v) is 4.56. The summed E-state index contributed by atoms with van der Waals surface area (Å²) in [4.78, 5) is 40.8. The van der Waals surface area contributed by atoms with Gasteiger partial charge >= 0.3 is 0 Å². The first-order valence-corrected chi connectivity index (χ1v) is 11.8. The van der Waals surface area contributed by atoms with E-state index in [4.69, 9.17) is 0 Å². The first-order chi connectivity index (χ1) is 15.7. The molecule has 2 aromatic heterocycles. The van der Waals surface area contributed by atoms with Crippen LogP contribution in [0.4, 0.5) is 0 Å². The Balaban J connectivity index is 1.74. The number of carbonyl (C=O) groups is 2. The number of rotatable bonds is 7. The normalized spacial score (nSPS) is 18.8. The topological polar surface area (TPSA) is 109 Å². The second kappa shape index (κ2) is 9.03. The minimum absolute atomic E-state index is 0.0490. The predicted molar refractivity (Wildman–Crippen MR) is 125 cm³/mol. The third-order valence-electron chi connectivity index (χ3n) is 6.35. The minimum Gasteiger partial charge on any atom is -0.492 e. The van der Waals surface area contributed by atoms with Crippen LogP contribution in [0.3, 0.4) is 0 Å². The van der Waals surface area contributed by atoms with Crippen molar-refractivity contribution in [2.75, 3.05) is 6.54 Å². The zero-order chi connectivity index (χ0) is 23.9. The third-order valence-corrected chi connectivity index (χ3v) is 6.35. The molecule has 2 aliphatic rings. The molecule has 0 bridgehead atoms. The summed E-state index contributed by atoms with van der Waals surface area (Å²) in [5, 5.41) is 17.8. The quantitative estimate of drug-likeness (QED) is 0.623. The second-order valence-corrected chi connectivity index (χ2v) is 9.91. The van der Waals surface area contributed by atoms with E-state index in [1.165, 1.54) is 21.4 Å². The summed E-state index contributed by atoms with van der Waals surface area (Å²) in [5.74, 6) is -0.655. The van der Waals surface area contributed by atoms with Crippen molar-refractivity contribution in [1.29, 1.82) is 0 Å². The van der Waals surface area contributed by atoms with E-state index in [-0.39, 0.29) is 29.5 Å². The Morgan fingerprint density at radius 2 is 1.97 bits per heavy atom. The Bertz CT molecular complexity index is 1160. The van der Waals surface area contributed by atoms with Gasteiger partial charge in [0.15, 0.2) is 5.56 Å². The average Bonchev–Trinajstić information content (AvgIpc) is 3.25. The van der Waals surface area contributed by atoms with E-state index in [9.17, 15) is 19.5 Å². The summed E-state index contributed by atoms with van der Waals surface area (Å²) in [6.07, 6.45) is 8.38. The molecule has 0 spiro atoms. The van der Waals surface area contributed by atoms with Crippen LogP contribution in [0.2, 0.25) is 0 Å². The molecule has 2 N–H and O–H groups in total. The molecule has 9 nitrogen and oxygen atoms in total. The molecule has 2 amide bonds. The lowest BCUT2D eigenvalue weighted by Gasteiger charge is -2.26. The van der Waals surface area contributed by atoms with Gasteiger partial charge in [-0.1, -0.05) is 27.7 Å². The number of hydrogen-bond acceptors (Lipinski definition) is 5. The largest absolute Gasteiger partial charge is 0.492 e. The number of amides is 2. The Labute approximate surface area is 193 Å². The number of hydrogen-bond donors (Lipinski definition) is 2. The highest BCUT2D eigenvalue weighted by Crippen LogP contribution is 2.26. The van der Waals surface area contributed by atoms with Crippen molar-refractivity contribution < 1.29 is 14.7 Å². The van der Waals surface area contributed by atoms with Crippen LogP contribution in [0.1, 0.15) is 69.3 Å². The van der Waals surface area contributed by atoms with Crippen molar-refractivity contribution in [2.45, 2.75) is 72.0 Å². The molecule has 2 aromatic rings. The molecule has 1 atom stereocenters. The van der Waals surface area contributed by atoms with E-state index in [0.29, 0.717) is 23.7 Å². The lowest BCUT2D eigenvalue weighted by atomic mass is 10.0. The second-order valence-electron chi connectivity index (χ2n) is 9.91. The van der Waals surface area contributed by atoms with Crippen LogP contribution < -0.4 is 10.9 Å². The Morgan fingerprint density at radius 1 is 1.24 bits per heavy atom. The first-order valence-electron chi connectivity index (χ1n) is 11.8. The molecule has 3 heterocycles. The molecule has 0 radical (unpaired) electrons. The molecular formula is C24H33N5O4. The molecule has 1 aliphatic heterocycles. The highest BCUT2D eigenvalue weighted by atomic mass is 16.3. The summed E-state index contributed by atoms with van der Waals surface area (Å²) in [5.41, 5.74) is 0.0280. The van der Waals surface area contributed by atoms with Gasteiger partial charge in [-0.25, -0.2) is 0 Å². The SMILES string of the molecule is CC(C)Cn1c(=O)c(C(=O)NC2CC2)c(O)n2ncc(/C=C/C(=O)N3CCC[C@H]3C(C)C)c12. The number of aromatic hydroxyl groups is 1. The Hall–Kier alpha value is -3.10. The van der Waals surface area contributed by atoms with E-state index < -0.39 is 17.3 Å². The van der Waals surface area contributed by atoms with Crippen molar-refractivity contribution in [3.05, 3.63) is 33.8 Å². The third kappa shape index (κ3) is 4.54. The molecular weight excluding hydrogens is 422 g/mol. The first kappa shape index (κ1) is 23.1. The molecule has 9 heteroatoms. The predicted octanol–water partition coefficient (Wildman–Crippen LogP) is 2.41. The number of aromatic nitrogens is 3. The highest BCUT2D eigenvalue weighted by molar-refractivity contribution is 5.97. The van der Waals surface area contributed by atoms with Crippen molar-refractivity contribution in [3.63, 3.8) is 0 Å². The van der Waals surface area contributed by atoms with E-state index in [0.717, 1.165) is 32.2 Å². The number of fused-ring (bicyclic) bond motifs is 1. The molecule has 1 saturated heterocycles. The molecule has 0 unspecified atom stereocenters. The van der Waals surface area contributed by atoms with Crippen LogP contribution in [0.25, 0.3) is 11.7 Å². The van der Waals surface area contributed by atoms with Gasteiger partial charge in [-0.15, -0.1) is 0 Å². The van der Waals surface area contributed by atoms with Crippen molar-refractivity contribution >= 4 is 23.5 Å². The zero-order valence-electron chi connectivity index (χ0n) is 19.7. The van der Waals surface area contributed by atoms with Crippen LogP contribution in [0, 0.1) is 11.8 Å². The van der Waals surface area contributed by atoms with Crippen LogP contribution in [0.5, 0.6) is 5.88 Å². The van der Waals surface area contributed by atoms with Gasteiger partial charge in [0.25, 0.3) is 11.5 Å². The van der Waals surface area contributed by atoms with Gasteiger partial charge in [0.1, 0.15) is 5.65 Å². The van der Waals surface area contributed by atoms with Crippen molar-refractivity contribution in [3.8, 4) is 5.88 Å². The molecule has 0 aromatic carbocycles. The van der Waals surface area contributed by atoms with Crippen molar-refractivity contribution in [2.24, 2.45) is 11.8 Å². The van der Waals surface area contributed by atoms with E-state index in [1.807, 2.05) is 18.7 Å². The standard InChI is InChI=1S/C24H33N5O4/c1-14(2)13-28-22-16(7-10-19(30)27-11-5-6-18(27)15(3)4)12-25-29(22)24(33)20(23(28)32)21(31)26-17-8-9-17/h7,10,12,14-15,17-18,33H,5-6,8-9,11,13H2,1-4H3,(H,26,31)/b10-7+/t18-/m0/s1. The van der Waals surface area contributed by atoms with Gasteiger partial charge in [0.2, 0.25) is 11.8 Å². The van der Waals surface area contributed by atoms with Crippen LogP contribution in [0.15, 0.2) is 17.1 Å². The fraction of sp³-hybridized carbons (Fsp3) is 0.583. The monoisotopic (exact) mass is 455 g/mol. The summed E-state index contributed by atoms with van der Waals surface area (Å²) in [6.45, 7) is 9.25. The van der Waals surface area contributed by atoms with E-state index in [1.54, 1.807) is 6.08 Å². The number of carbonyl (C=O) groups excluding carboxylic acids is 2. The van der Waals surface area contributed by atoms with Gasteiger partial charge < -0.3 is 15.3 Å². The molecule has 4 rings (SSSR count). The van der Waals surface area contributed by atoms with Gasteiger partial charge in [0.05, 0.1) is 6.20 Å². The maximum absolute atomic E-state index is 13.3. The average molecular weight is 456 g/mol. The van der Waals surface area contributed by atoms with E-state index >= 15 is 0 Å². The van der Waals surface area contributed by atoms with Gasteiger partial charge in [-0.3, -0.25) is 19.0 Å². The van der Waals surface area contributed by atoms with Crippen LogP contribution in [-0.4, -0.2) is 54.6 Å². The van der Waals surface area contributed by atoms with Gasteiger partial charge in [-0.2, -0.15) is 9.61 Å². The smallest absolute Gasteiger partial charge is 0.270 e. The van der Waals surface area contributed by atoms with E-state index in [2.05, 4.69) is 24.3 Å². The fourth-order valence-electron chi connectivity index (χ4n) is 4.56. The summed E-state index contributed by atoms with van der Waals surface area (Å²) < 4.78 is 2.68. The zero-order valence-corrected chi connectivity index (χ0v) is 19.7. The molecule has 33 heavy (non-hydrogen) atoms. The number of nitrogens with one attached hydrogen (secondary N) is 1. The van der Waals surface area contributed by atoms with Crippen LogP contribution >= 0.6 is 0 Å². The maximum Gasteiger partial charge on any atom is 0.270 e. The lowest BCUT2D eigenvalue weighted by molar-refractivity contribution is -0.127. The van der Waals surface area contributed by atoms with Gasteiger partial charge in [0, 0.05) is 36.8 Å². The highest BCUT2D eigenvalue weighted by Gasteiger charge is 2.31. The Kier molecular flexibility index (Phi) is 6.32. The molecule has 1 aliphatic carbocycles. The maximum atomic E-state index is 13.3. The summed E-state index contributed by atoms with van der Waals surface area (Å²) in [7, 11) is 0. The lowest BCUT2D eigenvalue weighted by Crippen LogP contribution is -2.37. The summed E-state index contributed by atoms with van der Waals surface area (Å²) in [6, 6.07) is 0.273. The molecule has 2 fully saturated rings. The summed E-state index contributed by atoms with van der Waals surface area (Å²) >= 11 is 0. The van der Waals surface area contributed by atoms with Gasteiger partial charge in [-0.05, 0) is 43.6 Å². The number of nitrogens with zero attached hydrogens (tertiary/aromatic N) is 4. The minimum atomic E-state index is -0.587. The van der Waals surface area contributed by atoms with Crippen molar-refractivity contribution in [1.82, 2.24) is 24.4 Å².